The zero-order valence-electron chi connectivity index (χ0n) is 13.1. The lowest BCUT2D eigenvalue weighted by molar-refractivity contribution is -0.121. The van der Waals surface area contributed by atoms with Gasteiger partial charge in [0.15, 0.2) is 5.69 Å². The first-order chi connectivity index (χ1) is 11.5. The van der Waals surface area contributed by atoms with E-state index >= 15 is 0 Å². The summed E-state index contributed by atoms with van der Waals surface area (Å²) in [5, 5.41) is 4.21. The Hall–Kier alpha value is -2.90. The van der Waals surface area contributed by atoms with Crippen molar-refractivity contribution in [3.63, 3.8) is 0 Å². The maximum atomic E-state index is 13.6. The third-order valence-corrected chi connectivity index (χ3v) is 3.98. The van der Waals surface area contributed by atoms with Crippen molar-refractivity contribution in [2.75, 3.05) is 13.7 Å². The van der Waals surface area contributed by atoms with E-state index in [1.54, 1.807) is 37.6 Å². The van der Waals surface area contributed by atoms with Gasteiger partial charge < -0.3 is 15.4 Å². The van der Waals surface area contributed by atoms with E-state index in [1.165, 1.54) is 10.7 Å². The molecule has 1 fully saturated rings. The number of carbonyl (C=O) groups excluding carboxylic acids is 2. The van der Waals surface area contributed by atoms with Crippen LogP contribution in [0.4, 0.5) is 4.39 Å². The highest BCUT2D eigenvalue weighted by atomic mass is 19.1. The van der Waals surface area contributed by atoms with Crippen LogP contribution in [0.1, 0.15) is 16.9 Å². The predicted molar refractivity (Wildman–Crippen MR) is 83.6 cm³/mol. The van der Waals surface area contributed by atoms with Crippen LogP contribution in [0.25, 0.3) is 5.69 Å². The number of rotatable bonds is 4. The Bertz CT molecular complexity index is 759. The van der Waals surface area contributed by atoms with Gasteiger partial charge >= 0.3 is 0 Å². The highest BCUT2D eigenvalue weighted by Crippen LogP contribution is 2.22. The van der Waals surface area contributed by atoms with Gasteiger partial charge in [-0.05, 0) is 30.3 Å². The molecule has 7 nitrogen and oxygen atoms in total. The minimum atomic E-state index is -1.25. The quantitative estimate of drug-likeness (QED) is 0.901. The smallest absolute Gasteiger partial charge is 0.275 e. The van der Waals surface area contributed by atoms with Crippen LogP contribution in [0.15, 0.2) is 36.5 Å². The number of ether oxygens (including phenoxy) is 1. The molecule has 1 aromatic heterocycles. The number of benzene rings is 1. The molecule has 2 heterocycles. The molecule has 1 aliphatic heterocycles. The SMILES string of the molecule is COc1ccc(-n2ccc(C(=O)N3C[C@H](F)C[C@H]3C(N)=O)n2)cc1. The molecular weight excluding hydrogens is 315 g/mol. The van der Waals surface area contributed by atoms with E-state index in [2.05, 4.69) is 5.10 Å². The number of alkyl halides is 1. The molecule has 0 unspecified atom stereocenters. The monoisotopic (exact) mass is 332 g/mol. The number of methoxy groups -OCH3 is 1. The van der Waals surface area contributed by atoms with Gasteiger partial charge in [-0.1, -0.05) is 0 Å². The summed E-state index contributed by atoms with van der Waals surface area (Å²) in [5.41, 5.74) is 6.13. The van der Waals surface area contributed by atoms with Gasteiger partial charge in [0.2, 0.25) is 5.91 Å². The van der Waals surface area contributed by atoms with Gasteiger partial charge in [-0.25, -0.2) is 9.07 Å². The summed E-state index contributed by atoms with van der Waals surface area (Å²) in [5.74, 6) is -0.512. The van der Waals surface area contributed by atoms with E-state index in [-0.39, 0.29) is 18.7 Å². The first-order valence-electron chi connectivity index (χ1n) is 7.44. The Balaban J connectivity index is 1.81. The topological polar surface area (TPSA) is 90.5 Å². The van der Waals surface area contributed by atoms with Crippen molar-refractivity contribution in [3.8, 4) is 11.4 Å². The molecule has 0 spiro atoms. The van der Waals surface area contributed by atoms with Gasteiger partial charge in [0.25, 0.3) is 5.91 Å². The maximum Gasteiger partial charge on any atom is 0.275 e. The van der Waals surface area contributed by atoms with E-state index in [4.69, 9.17) is 10.5 Å². The molecule has 0 radical (unpaired) electrons. The summed E-state index contributed by atoms with van der Waals surface area (Å²) < 4.78 is 20.2. The van der Waals surface area contributed by atoms with E-state index < -0.39 is 24.0 Å². The molecule has 8 heteroatoms. The van der Waals surface area contributed by atoms with E-state index in [1.807, 2.05) is 0 Å². The van der Waals surface area contributed by atoms with Gasteiger partial charge in [0, 0.05) is 12.6 Å². The number of halogens is 1. The first-order valence-corrected chi connectivity index (χ1v) is 7.44. The van der Waals surface area contributed by atoms with Crippen LogP contribution in [0.5, 0.6) is 5.75 Å². The molecule has 3 rings (SSSR count). The first kappa shape index (κ1) is 16.0. The standard InChI is InChI=1S/C16H17FN4O3/c1-24-12-4-2-11(3-5-12)21-7-6-13(19-21)16(23)20-9-10(17)8-14(20)15(18)22/h2-7,10,14H,8-9H2,1H3,(H2,18,22)/t10-,14+/m1/s1. The molecule has 0 aliphatic carbocycles. The van der Waals surface area contributed by atoms with Crippen LogP contribution >= 0.6 is 0 Å². The van der Waals surface area contributed by atoms with Crippen molar-refractivity contribution in [3.05, 3.63) is 42.2 Å². The highest BCUT2D eigenvalue weighted by Gasteiger charge is 2.39. The van der Waals surface area contributed by atoms with Crippen molar-refractivity contribution in [2.45, 2.75) is 18.6 Å². The summed E-state index contributed by atoms with van der Waals surface area (Å²) in [6.07, 6.45) is 0.299. The predicted octanol–water partition coefficient (Wildman–Crippen LogP) is 0.919. The van der Waals surface area contributed by atoms with E-state index in [0.29, 0.717) is 5.75 Å². The van der Waals surface area contributed by atoms with Crippen molar-refractivity contribution in [1.29, 1.82) is 0 Å². The molecule has 1 aliphatic rings. The van der Waals surface area contributed by atoms with Gasteiger partial charge in [0.1, 0.15) is 18.0 Å². The largest absolute Gasteiger partial charge is 0.497 e. The maximum absolute atomic E-state index is 13.6. The molecule has 2 atom stereocenters. The van der Waals surface area contributed by atoms with Gasteiger partial charge in [-0.2, -0.15) is 5.10 Å². The average molecular weight is 332 g/mol. The Morgan fingerprint density at radius 2 is 2.00 bits per heavy atom. The second-order valence-corrected chi connectivity index (χ2v) is 5.55. The molecule has 24 heavy (non-hydrogen) atoms. The lowest BCUT2D eigenvalue weighted by atomic mass is 10.2. The van der Waals surface area contributed by atoms with Crippen LogP contribution in [0.2, 0.25) is 0 Å². The highest BCUT2D eigenvalue weighted by molar-refractivity contribution is 5.96. The lowest BCUT2D eigenvalue weighted by Crippen LogP contribution is -2.43. The number of amides is 2. The Morgan fingerprint density at radius 3 is 2.62 bits per heavy atom. The van der Waals surface area contributed by atoms with Crippen molar-refractivity contribution in [2.24, 2.45) is 5.73 Å². The summed E-state index contributed by atoms with van der Waals surface area (Å²) in [6.45, 7) is -0.151. The third-order valence-electron chi connectivity index (χ3n) is 3.98. The molecule has 126 valence electrons. The Kier molecular flexibility index (Phi) is 4.20. The third kappa shape index (κ3) is 2.94. The number of aromatic nitrogens is 2. The van der Waals surface area contributed by atoms with E-state index in [9.17, 15) is 14.0 Å². The molecule has 1 aromatic carbocycles. The molecule has 0 saturated carbocycles. The number of hydrogen-bond acceptors (Lipinski definition) is 4. The minimum absolute atomic E-state index is 0.0692. The molecule has 2 aromatic rings. The molecule has 2 amide bonds. The van der Waals surface area contributed by atoms with Crippen LogP contribution in [-0.2, 0) is 4.79 Å². The lowest BCUT2D eigenvalue weighted by Gasteiger charge is -2.20. The van der Waals surface area contributed by atoms with Crippen LogP contribution in [0.3, 0.4) is 0 Å². The number of primary amides is 1. The normalized spacial score (nSPS) is 20.2. The van der Waals surface area contributed by atoms with E-state index in [0.717, 1.165) is 10.6 Å². The number of likely N-dealkylation sites (tertiary alicyclic amines) is 1. The summed E-state index contributed by atoms with van der Waals surface area (Å²) in [4.78, 5) is 25.1. The number of hydrogen-bond donors (Lipinski definition) is 1. The minimum Gasteiger partial charge on any atom is -0.497 e. The second-order valence-electron chi connectivity index (χ2n) is 5.55. The Morgan fingerprint density at radius 1 is 1.29 bits per heavy atom. The van der Waals surface area contributed by atoms with Crippen molar-refractivity contribution < 1.29 is 18.7 Å². The second kappa shape index (κ2) is 6.31. The van der Waals surface area contributed by atoms with Gasteiger partial charge in [-0.15, -0.1) is 0 Å². The zero-order chi connectivity index (χ0) is 17.3. The molecule has 0 bridgehead atoms. The van der Waals surface area contributed by atoms with Crippen LogP contribution in [-0.4, -0.2) is 52.4 Å². The fourth-order valence-electron chi connectivity index (χ4n) is 2.74. The summed E-state index contributed by atoms with van der Waals surface area (Å²) >= 11 is 0. The molecule has 2 N–H and O–H groups in total. The fraction of sp³-hybridized carbons (Fsp3) is 0.312. The zero-order valence-corrected chi connectivity index (χ0v) is 13.1. The molecular formula is C16H17FN4O3. The number of nitrogens with zero attached hydrogens (tertiary/aromatic N) is 3. The van der Waals surface area contributed by atoms with Crippen LogP contribution in [0, 0.1) is 0 Å². The van der Waals surface area contributed by atoms with Crippen LogP contribution < -0.4 is 10.5 Å². The summed E-state index contributed by atoms with van der Waals surface area (Å²) in [7, 11) is 1.57. The van der Waals surface area contributed by atoms with Crippen molar-refractivity contribution >= 4 is 11.8 Å². The van der Waals surface area contributed by atoms with Crippen molar-refractivity contribution in [1.82, 2.24) is 14.7 Å². The Labute approximate surface area is 137 Å². The van der Waals surface area contributed by atoms with Gasteiger partial charge in [0.05, 0.1) is 19.3 Å². The molecule has 1 saturated heterocycles. The number of nitrogens with two attached hydrogens (primary N) is 1. The fourth-order valence-corrected chi connectivity index (χ4v) is 2.74. The number of carbonyl (C=O) groups is 2. The average Bonchev–Trinajstić information content (AvgIpc) is 3.21. The summed E-state index contributed by atoms with van der Waals surface area (Å²) in [6, 6.07) is 7.72. The van der Waals surface area contributed by atoms with Gasteiger partial charge in [-0.3, -0.25) is 9.59 Å².